The third kappa shape index (κ3) is 5.17. The largest absolute Gasteiger partial charge is 0.477 e. The molecule has 0 aromatic carbocycles. The molecule has 0 aliphatic carbocycles. The minimum Gasteiger partial charge on any atom is -0.477 e. The number of aromatic nitrogens is 4. The first-order chi connectivity index (χ1) is 18.8. The van der Waals surface area contributed by atoms with Crippen molar-refractivity contribution in [2.45, 2.75) is 23.0 Å². The van der Waals surface area contributed by atoms with Crippen molar-refractivity contribution in [2.75, 3.05) is 31.0 Å². The zero-order valence-electron chi connectivity index (χ0n) is 20.4. The molecule has 1 saturated heterocycles. The van der Waals surface area contributed by atoms with Crippen molar-refractivity contribution in [1.29, 1.82) is 0 Å². The van der Waals surface area contributed by atoms with Gasteiger partial charge in [-0.1, -0.05) is 5.16 Å². The molecular formula is C22H23N8O6S3+. The molecule has 5 rings (SSSR count). The van der Waals surface area contributed by atoms with Gasteiger partial charge in [-0.3, -0.25) is 14.5 Å². The number of carboxylic acids is 1. The van der Waals surface area contributed by atoms with Gasteiger partial charge in [-0.15, -0.1) is 23.5 Å². The summed E-state index contributed by atoms with van der Waals surface area (Å²) in [5.74, 6) is -1.62. The Labute approximate surface area is 233 Å². The van der Waals surface area contributed by atoms with Crippen molar-refractivity contribution >= 4 is 69.2 Å². The molecule has 2 amide bonds. The van der Waals surface area contributed by atoms with Crippen LogP contribution in [0.1, 0.15) is 5.82 Å². The Morgan fingerprint density at radius 3 is 2.92 bits per heavy atom. The fraction of sp³-hybridized carbons (Fsp3) is 0.318. The fourth-order valence-corrected chi connectivity index (χ4v) is 6.82. The molecule has 39 heavy (non-hydrogen) atoms. The van der Waals surface area contributed by atoms with Crippen LogP contribution in [0.25, 0.3) is 5.52 Å². The van der Waals surface area contributed by atoms with Gasteiger partial charge in [0.25, 0.3) is 11.8 Å². The number of hydrogen-bond acceptors (Lipinski definition) is 12. The number of nitrogens with two attached hydrogens (primary N) is 1. The van der Waals surface area contributed by atoms with Gasteiger partial charge in [0, 0.05) is 28.6 Å². The molecule has 0 saturated carbocycles. The molecule has 0 bridgehead atoms. The van der Waals surface area contributed by atoms with Crippen LogP contribution in [-0.4, -0.2) is 89.0 Å². The van der Waals surface area contributed by atoms with E-state index in [2.05, 4.69) is 19.8 Å². The summed E-state index contributed by atoms with van der Waals surface area (Å²) in [7, 11) is 1.25. The van der Waals surface area contributed by atoms with Gasteiger partial charge in [0.1, 0.15) is 29.7 Å². The summed E-state index contributed by atoms with van der Waals surface area (Å²) in [6.45, 7) is 0.347. The van der Waals surface area contributed by atoms with Gasteiger partial charge in [0.05, 0.1) is 17.8 Å². The highest BCUT2D eigenvalue weighted by Crippen LogP contribution is 2.40. The number of nitrogen functional groups attached to an aromatic ring is 1. The van der Waals surface area contributed by atoms with Crippen molar-refractivity contribution in [2.24, 2.45) is 5.16 Å². The first-order valence-electron chi connectivity index (χ1n) is 11.5. The minimum absolute atomic E-state index is 0.0405. The molecule has 5 heterocycles. The Hall–Kier alpha value is -3.67. The number of hydrogen-bond donors (Lipinski definition) is 4. The number of aliphatic hydroxyl groups excluding tert-OH is 1. The molecule has 5 N–H and O–H groups in total. The molecule has 2 aliphatic rings. The lowest BCUT2D eigenvalue weighted by atomic mass is 10.0. The Bertz CT molecular complexity index is 1520. The number of aliphatic hydroxyl groups is 1. The van der Waals surface area contributed by atoms with Gasteiger partial charge < -0.3 is 30.5 Å². The number of β-lactam (4-membered cyclic amide) rings is 1. The number of aliphatic carboxylic acids is 1. The molecule has 3 aromatic rings. The number of rotatable bonds is 10. The molecule has 14 nitrogen and oxygen atoms in total. The van der Waals surface area contributed by atoms with Crippen LogP contribution in [0.15, 0.2) is 52.2 Å². The fourth-order valence-electron chi connectivity index (χ4n) is 4.28. The predicted octanol–water partition coefficient (Wildman–Crippen LogP) is -0.466. The molecule has 2 aliphatic heterocycles. The lowest BCUT2D eigenvalue weighted by Crippen LogP contribution is -2.71. The molecule has 0 radical (unpaired) electrons. The SMILES string of the molecule is CO/N=C(\C(=O)N[C@@H]1C(=O)N2C(C(=O)O)=C(C[n+]3ccn4c(SCCO)ccc4c3)CS[C@H]12)c1nsc(N)n1. The van der Waals surface area contributed by atoms with E-state index in [9.17, 15) is 19.5 Å². The van der Waals surface area contributed by atoms with Crippen LogP contribution >= 0.6 is 35.1 Å². The Morgan fingerprint density at radius 1 is 1.41 bits per heavy atom. The van der Waals surface area contributed by atoms with E-state index in [1.54, 1.807) is 0 Å². The summed E-state index contributed by atoms with van der Waals surface area (Å²) in [4.78, 5) is 48.1. The third-order valence-corrected chi connectivity index (χ3v) is 8.82. The molecule has 0 unspecified atom stereocenters. The minimum atomic E-state index is -1.22. The number of amides is 2. The van der Waals surface area contributed by atoms with Gasteiger partial charge in [-0.2, -0.15) is 13.9 Å². The number of nitrogens with one attached hydrogen (secondary N) is 1. The highest BCUT2D eigenvalue weighted by molar-refractivity contribution is 8.00. The second-order valence-corrected chi connectivity index (χ2v) is 11.3. The maximum atomic E-state index is 13.1. The van der Waals surface area contributed by atoms with Crippen LogP contribution in [0.5, 0.6) is 0 Å². The normalized spacial score (nSPS) is 19.2. The van der Waals surface area contributed by atoms with Crippen LogP contribution in [0, 0.1) is 0 Å². The number of anilines is 1. The highest BCUT2D eigenvalue weighted by atomic mass is 32.2. The number of carbonyl (C=O) groups is 3. The monoisotopic (exact) mass is 591 g/mol. The summed E-state index contributed by atoms with van der Waals surface area (Å²) >= 11 is 3.77. The van der Waals surface area contributed by atoms with E-state index in [0.717, 1.165) is 22.1 Å². The van der Waals surface area contributed by atoms with E-state index in [1.807, 2.05) is 39.7 Å². The van der Waals surface area contributed by atoms with Crippen molar-refractivity contribution in [3.8, 4) is 0 Å². The topological polar surface area (TPSA) is 189 Å². The highest BCUT2D eigenvalue weighted by Gasteiger charge is 2.54. The standard InChI is InChI=1S/C22H22N8O6S3/c1-36-26-14(17-25-22(23)39-27-17)18(32)24-15-19(33)30-16(21(34)35)11(10-38-20(15)30)8-28-4-5-29-12(9-28)2-3-13(29)37-7-6-31/h2-5,9,15,20,31H,6-8,10H2,1H3,(H3-,23,24,25,27,32,34,35)/p+1/b26-14-/t15-,20-/m1/s1. The second kappa shape index (κ2) is 11.2. The molecule has 2 atom stereocenters. The average Bonchev–Trinajstić information content (AvgIpc) is 3.54. The number of thioether (sulfide) groups is 2. The smallest absolute Gasteiger partial charge is 0.352 e. The van der Waals surface area contributed by atoms with Crippen molar-refractivity contribution in [1.82, 2.24) is 24.0 Å². The van der Waals surface area contributed by atoms with Gasteiger partial charge in [0.2, 0.25) is 11.5 Å². The van der Waals surface area contributed by atoms with Crippen LogP contribution in [-0.2, 0) is 25.8 Å². The van der Waals surface area contributed by atoms with E-state index < -0.39 is 29.2 Å². The molecule has 3 aromatic heterocycles. The molecule has 1 fully saturated rings. The molecular weight excluding hydrogens is 568 g/mol. The van der Waals surface area contributed by atoms with E-state index in [1.165, 1.54) is 35.5 Å². The maximum Gasteiger partial charge on any atom is 0.352 e. The van der Waals surface area contributed by atoms with Crippen LogP contribution in [0.3, 0.4) is 0 Å². The van der Waals surface area contributed by atoms with Crippen molar-refractivity contribution in [3.63, 3.8) is 0 Å². The lowest BCUT2D eigenvalue weighted by Gasteiger charge is -2.49. The molecule has 17 heteroatoms. The molecule has 0 spiro atoms. The number of carboxylic acid groups (broad SMARTS) is 1. The predicted molar refractivity (Wildman–Crippen MR) is 143 cm³/mol. The van der Waals surface area contributed by atoms with Gasteiger partial charge in [-0.25, -0.2) is 4.79 Å². The van der Waals surface area contributed by atoms with E-state index in [-0.39, 0.29) is 35.5 Å². The Balaban J connectivity index is 1.33. The molecule has 204 valence electrons. The first-order valence-corrected chi connectivity index (χ1v) is 14.3. The second-order valence-electron chi connectivity index (χ2n) is 8.34. The summed E-state index contributed by atoms with van der Waals surface area (Å²) in [6.07, 6.45) is 5.60. The number of fused-ring (bicyclic) bond motifs is 2. The number of oxime groups is 1. The van der Waals surface area contributed by atoms with E-state index in [4.69, 9.17) is 15.7 Å². The zero-order valence-corrected chi connectivity index (χ0v) is 22.8. The van der Waals surface area contributed by atoms with Gasteiger partial charge in [0.15, 0.2) is 24.1 Å². The summed E-state index contributed by atoms with van der Waals surface area (Å²) < 4.78 is 7.80. The quantitative estimate of drug-likeness (QED) is 0.0785. The lowest BCUT2D eigenvalue weighted by molar-refractivity contribution is -0.688. The van der Waals surface area contributed by atoms with Crippen LogP contribution in [0.4, 0.5) is 5.13 Å². The van der Waals surface area contributed by atoms with Gasteiger partial charge >= 0.3 is 5.97 Å². The summed E-state index contributed by atoms with van der Waals surface area (Å²) in [5.41, 5.74) is 6.74. The van der Waals surface area contributed by atoms with Crippen molar-refractivity contribution in [3.05, 3.63) is 47.8 Å². The third-order valence-electron chi connectivity index (χ3n) is 5.92. The number of carbonyl (C=O) groups excluding carboxylic acids is 2. The maximum absolute atomic E-state index is 13.1. The summed E-state index contributed by atoms with van der Waals surface area (Å²) in [6, 6.07) is 2.94. The van der Waals surface area contributed by atoms with E-state index in [0.29, 0.717) is 17.1 Å². The first kappa shape index (κ1) is 26.9. The average molecular weight is 592 g/mol. The van der Waals surface area contributed by atoms with Gasteiger partial charge in [-0.05, 0) is 12.1 Å². The van der Waals surface area contributed by atoms with E-state index >= 15 is 0 Å². The van der Waals surface area contributed by atoms with Crippen LogP contribution < -0.4 is 15.6 Å². The summed E-state index contributed by atoms with van der Waals surface area (Å²) in [5, 5.41) is 25.9. The zero-order chi connectivity index (χ0) is 27.7. The number of nitrogens with zero attached hydrogens (tertiary/aromatic N) is 6. The van der Waals surface area contributed by atoms with Crippen LogP contribution in [0.2, 0.25) is 0 Å². The Kier molecular flexibility index (Phi) is 7.74. The Morgan fingerprint density at radius 2 is 2.23 bits per heavy atom. The van der Waals surface area contributed by atoms with Crippen molar-refractivity contribution < 1.29 is 34.0 Å².